The van der Waals surface area contributed by atoms with E-state index < -0.39 is 5.41 Å². The molecule has 4 aromatic carbocycles. The van der Waals surface area contributed by atoms with Gasteiger partial charge in [0, 0.05) is 12.1 Å². The molecular formula is C35H29NO. The third-order valence-electron chi connectivity index (χ3n) is 9.69. The van der Waals surface area contributed by atoms with Crippen LogP contribution in [-0.2, 0) is 5.41 Å². The topological polar surface area (TPSA) is 20.3 Å². The number of rotatable bonds is 3. The summed E-state index contributed by atoms with van der Waals surface area (Å²) in [6.07, 6.45) is 4.23. The molecule has 3 saturated heterocycles. The molecule has 3 aliphatic heterocycles. The second-order valence-electron chi connectivity index (χ2n) is 11.2. The van der Waals surface area contributed by atoms with Crippen LogP contribution in [0.4, 0.5) is 0 Å². The van der Waals surface area contributed by atoms with Crippen LogP contribution in [0.25, 0.3) is 22.3 Å². The van der Waals surface area contributed by atoms with E-state index in [9.17, 15) is 4.79 Å². The van der Waals surface area contributed by atoms with Crippen LogP contribution in [-0.4, -0.2) is 29.8 Å². The van der Waals surface area contributed by atoms with Crippen molar-refractivity contribution >= 4 is 5.78 Å². The number of hydrogen-bond acceptors (Lipinski definition) is 2. The number of carbonyl (C=O) groups is 1. The van der Waals surface area contributed by atoms with Gasteiger partial charge >= 0.3 is 0 Å². The van der Waals surface area contributed by atoms with Gasteiger partial charge in [-0.2, -0.15) is 0 Å². The number of ketones is 1. The number of Topliss-reactive ketones (excluding diaryl/α,β-unsaturated/α-hetero) is 1. The summed E-state index contributed by atoms with van der Waals surface area (Å²) in [6, 6.07) is 33.0. The largest absolute Gasteiger partial charge is 0.293 e. The lowest BCUT2D eigenvalue weighted by Gasteiger charge is -2.48. The number of nitrogens with zero attached hydrogens (tertiary/aromatic N) is 1. The van der Waals surface area contributed by atoms with Gasteiger partial charge in [-0.15, -0.1) is 6.58 Å². The van der Waals surface area contributed by atoms with Crippen LogP contribution in [0.1, 0.15) is 45.5 Å². The van der Waals surface area contributed by atoms with Crippen molar-refractivity contribution in [1.82, 2.24) is 4.90 Å². The van der Waals surface area contributed by atoms with E-state index in [-0.39, 0.29) is 11.8 Å². The average molecular weight is 480 g/mol. The predicted octanol–water partition coefficient (Wildman–Crippen LogP) is 7.11. The maximum Gasteiger partial charge on any atom is 0.179 e. The SMILES string of the molecule is C=C[C@H]1CN2CC[C@H]1C[C@@H]2C(=O)c1ccc2c(c1)C1(c3ccccc3-c3ccccc31)c1ccccc1-2. The van der Waals surface area contributed by atoms with Crippen LogP contribution < -0.4 is 0 Å². The molecule has 37 heavy (non-hydrogen) atoms. The Morgan fingerprint density at radius 2 is 1.35 bits per heavy atom. The normalized spacial score (nSPS) is 25.3. The maximum absolute atomic E-state index is 14.1. The molecule has 3 heterocycles. The fourth-order valence-electron chi connectivity index (χ4n) is 8.05. The number of hydrogen-bond donors (Lipinski definition) is 0. The molecule has 9 rings (SSSR count). The van der Waals surface area contributed by atoms with Crippen molar-refractivity contribution in [3.63, 3.8) is 0 Å². The van der Waals surface area contributed by atoms with Crippen molar-refractivity contribution in [3.8, 4) is 22.3 Å². The molecule has 0 radical (unpaired) electrons. The molecule has 0 aromatic heterocycles. The number of piperidine rings is 3. The Hall–Kier alpha value is -3.75. The van der Waals surface area contributed by atoms with Crippen molar-refractivity contribution in [3.05, 3.63) is 131 Å². The van der Waals surface area contributed by atoms with E-state index in [1.807, 2.05) is 0 Å². The van der Waals surface area contributed by atoms with Gasteiger partial charge in [-0.05, 0) is 81.8 Å². The Kier molecular flexibility index (Phi) is 4.40. The molecule has 180 valence electrons. The number of carbonyl (C=O) groups excluding carboxylic acids is 1. The standard InChI is InChI=1S/C35H29NO/c1-2-22-21-36-18-17-23(22)20-33(36)34(37)24-15-16-28-27-11-5-8-14-31(27)35(32(28)19-24)29-12-6-3-9-25(29)26-10-4-7-13-30(26)35/h2-16,19,22-23,33H,1,17-18,20-21H2/t22-,23-,33+/m0/s1. The highest BCUT2D eigenvalue weighted by atomic mass is 16.1. The molecular weight excluding hydrogens is 450 g/mol. The van der Waals surface area contributed by atoms with Gasteiger partial charge in [-0.1, -0.05) is 91.0 Å². The Morgan fingerprint density at radius 3 is 1.89 bits per heavy atom. The summed E-state index contributed by atoms with van der Waals surface area (Å²) in [5.74, 6) is 1.37. The van der Waals surface area contributed by atoms with Gasteiger partial charge < -0.3 is 0 Å². The molecule has 2 nitrogen and oxygen atoms in total. The zero-order valence-corrected chi connectivity index (χ0v) is 20.9. The Bertz CT molecular complexity index is 1550. The first kappa shape index (κ1) is 21.3. The summed E-state index contributed by atoms with van der Waals surface area (Å²) in [6.45, 7) is 6.04. The fourth-order valence-corrected chi connectivity index (χ4v) is 8.05. The predicted molar refractivity (Wildman–Crippen MR) is 149 cm³/mol. The molecule has 4 aromatic rings. The molecule has 4 atom stereocenters. The van der Waals surface area contributed by atoms with Crippen molar-refractivity contribution in [1.29, 1.82) is 0 Å². The molecule has 5 aliphatic rings. The van der Waals surface area contributed by atoms with Crippen LogP contribution in [0, 0.1) is 11.8 Å². The smallest absolute Gasteiger partial charge is 0.179 e. The molecule has 0 N–H and O–H groups in total. The molecule has 0 amide bonds. The summed E-state index contributed by atoms with van der Waals surface area (Å²) < 4.78 is 0. The zero-order chi connectivity index (χ0) is 24.7. The minimum absolute atomic E-state index is 0.0177. The summed E-state index contributed by atoms with van der Waals surface area (Å²) in [5.41, 5.74) is 10.8. The first-order valence-electron chi connectivity index (χ1n) is 13.6. The van der Waals surface area contributed by atoms with Crippen molar-refractivity contribution < 1.29 is 4.79 Å². The fraction of sp³-hybridized carbons (Fsp3) is 0.229. The average Bonchev–Trinajstić information content (AvgIpc) is 3.44. The Balaban J connectivity index is 1.33. The highest BCUT2D eigenvalue weighted by Crippen LogP contribution is 2.62. The maximum atomic E-state index is 14.1. The molecule has 2 bridgehead atoms. The molecule has 3 fully saturated rings. The van der Waals surface area contributed by atoms with Crippen LogP contribution in [0.3, 0.4) is 0 Å². The van der Waals surface area contributed by atoms with E-state index in [4.69, 9.17) is 0 Å². The number of benzene rings is 4. The number of fused-ring (bicyclic) bond motifs is 13. The summed E-state index contributed by atoms with van der Waals surface area (Å²) >= 11 is 0. The van der Waals surface area contributed by atoms with Crippen molar-refractivity contribution in [2.45, 2.75) is 24.3 Å². The molecule has 2 aliphatic carbocycles. The van der Waals surface area contributed by atoms with E-state index in [1.165, 1.54) is 50.9 Å². The first-order valence-corrected chi connectivity index (χ1v) is 13.6. The second kappa shape index (κ2) is 7.63. The molecule has 1 unspecified atom stereocenters. The van der Waals surface area contributed by atoms with E-state index in [0.717, 1.165) is 25.1 Å². The van der Waals surface area contributed by atoms with Crippen LogP contribution in [0.15, 0.2) is 104 Å². The van der Waals surface area contributed by atoms with E-state index in [1.54, 1.807) is 0 Å². The summed E-state index contributed by atoms with van der Waals surface area (Å²) in [5, 5.41) is 0. The van der Waals surface area contributed by atoms with Crippen LogP contribution in [0.2, 0.25) is 0 Å². The van der Waals surface area contributed by atoms with Gasteiger partial charge in [-0.3, -0.25) is 9.69 Å². The van der Waals surface area contributed by atoms with Crippen LogP contribution in [0.5, 0.6) is 0 Å². The summed E-state index contributed by atoms with van der Waals surface area (Å²) in [4.78, 5) is 16.5. The van der Waals surface area contributed by atoms with Crippen molar-refractivity contribution in [2.75, 3.05) is 13.1 Å². The minimum atomic E-state index is -0.394. The lowest BCUT2D eigenvalue weighted by atomic mass is 9.70. The van der Waals surface area contributed by atoms with Gasteiger partial charge in [0.1, 0.15) is 0 Å². The van der Waals surface area contributed by atoms with Gasteiger partial charge in [0.05, 0.1) is 11.5 Å². The van der Waals surface area contributed by atoms with E-state index in [0.29, 0.717) is 11.8 Å². The van der Waals surface area contributed by atoms with Crippen LogP contribution >= 0.6 is 0 Å². The Morgan fingerprint density at radius 1 is 0.784 bits per heavy atom. The van der Waals surface area contributed by atoms with E-state index >= 15 is 0 Å². The summed E-state index contributed by atoms with van der Waals surface area (Å²) in [7, 11) is 0. The molecule has 1 spiro atoms. The van der Waals surface area contributed by atoms with Gasteiger partial charge in [0.25, 0.3) is 0 Å². The third-order valence-corrected chi connectivity index (χ3v) is 9.69. The van der Waals surface area contributed by atoms with Crippen molar-refractivity contribution in [2.24, 2.45) is 11.8 Å². The molecule has 2 heteroatoms. The minimum Gasteiger partial charge on any atom is -0.293 e. The second-order valence-corrected chi connectivity index (χ2v) is 11.2. The quantitative estimate of drug-likeness (QED) is 0.199. The highest BCUT2D eigenvalue weighted by Gasteiger charge is 2.52. The lowest BCUT2D eigenvalue weighted by molar-refractivity contribution is 0.0204. The monoisotopic (exact) mass is 479 g/mol. The first-order chi connectivity index (χ1) is 18.2. The third kappa shape index (κ3) is 2.66. The van der Waals surface area contributed by atoms with Gasteiger partial charge in [0.2, 0.25) is 0 Å². The van der Waals surface area contributed by atoms with Gasteiger partial charge in [-0.25, -0.2) is 0 Å². The van der Waals surface area contributed by atoms with E-state index in [2.05, 4.69) is 109 Å². The van der Waals surface area contributed by atoms with Gasteiger partial charge in [0.15, 0.2) is 5.78 Å². The molecule has 0 saturated carbocycles. The Labute approximate surface area is 218 Å². The highest BCUT2D eigenvalue weighted by molar-refractivity contribution is 6.03. The zero-order valence-electron chi connectivity index (χ0n) is 20.9. The lowest BCUT2D eigenvalue weighted by Crippen LogP contribution is -2.55.